The molecule has 0 aliphatic carbocycles. The molecule has 1 aromatic heterocycles. The Balaban J connectivity index is 1.32. The molecule has 5 nitrogen and oxygen atoms in total. The van der Waals surface area contributed by atoms with E-state index < -0.39 is 0 Å². The molecule has 3 aromatic rings. The van der Waals surface area contributed by atoms with Crippen LogP contribution < -0.4 is 4.90 Å². The molecule has 0 radical (unpaired) electrons. The van der Waals surface area contributed by atoms with Gasteiger partial charge in [0.1, 0.15) is 10.8 Å². The number of piperazine rings is 1. The number of fused-ring (bicyclic) bond motifs is 1. The summed E-state index contributed by atoms with van der Waals surface area (Å²) in [6, 6.07) is 14.6. The fraction of sp³-hybridized carbons (Fsp3) is 0.364. The summed E-state index contributed by atoms with van der Waals surface area (Å²) in [5, 5.41) is 0.961. The second-order valence-electron chi connectivity index (χ2n) is 7.44. The first-order valence-electron chi connectivity index (χ1n) is 9.85. The number of carbonyl (C=O) groups excluding carboxylic acids is 1. The number of thiazole rings is 1. The summed E-state index contributed by atoms with van der Waals surface area (Å²) in [5.41, 5.74) is 2.01. The number of hydrogen-bond acceptors (Lipinski definition) is 5. The first kappa shape index (κ1) is 19.8. The van der Waals surface area contributed by atoms with Crippen molar-refractivity contribution in [2.45, 2.75) is 13.0 Å². The van der Waals surface area contributed by atoms with E-state index in [0.29, 0.717) is 6.54 Å². The molecular formula is C22H25FN4OS. The highest BCUT2D eigenvalue weighted by atomic mass is 32.1. The standard InChI is InChI=1S/C22H25FN4OS/c1-16(22-24-19-5-3-4-6-20(19)29-22)25(2)21(28)15-26-11-13-27(14-12-26)18-9-7-17(23)8-10-18/h3-10,16H,11-15H2,1-2H3/t16-/m0/s1. The molecule has 1 atom stereocenters. The van der Waals surface area contributed by atoms with E-state index in [4.69, 9.17) is 4.98 Å². The predicted molar refractivity (Wildman–Crippen MR) is 116 cm³/mol. The molecule has 0 spiro atoms. The Hall–Kier alpha value is -2.51. The lowest BCUT2D eigenvalue weighted by molar-refractivity contribution is -0.133. The minimum atomic E-state index is -0.219. The van der Waals surface area contributed by atoms with Crippen LogP contribution in [0.3, 0.4) is 0 Å². The maximum atomic E-state index is 13.1. The van der Waals surface area contributed by atoms with Crippen molar-refractivity contribution in [1.82, 2.24) is 14.8 Å². The molecule has 0 saturated carbocycles. The minimum absolute atomic E-state index is 0.0552. The van der Waals surface area contributed by atoms with Gasteiger partial charge in [-0.1, -0.05) is 12.1 Å². The smallest absolute Gasteiger partial charge is 0.237 e. The number of para-hydroxylation sites is 1. The van der Waals surface area contributed by atoms with E-state index in [0.717, 1.165) is 47.1 Å². The molecule has 1 saturated heterocycles. The second-order valence-corrected chi connectivity index (χ2v) is 8.50. The molecule has 4 rings (SSSR count). The van der Waals surface area contributed by atoms with Gasteiger partial charge in [-0.15, -0.1) is 11.3 Å². The number of likely N-dealkylation sites (N-methyl/N-ethyl adjacent to an activating group) is 1. The molecule has 2 aromatic carbocycles. The van der Waals surface area contributed by atoms with E-state index in [1.54, 1.807) is 16.2 Å². The van der Waals surface area contributed by atoms with Gasteiger partial charge in [0.05, 0.1) is 22.8 Å². The molecule has 7 heteroatoms. The highest BCUT2D eigenvalue weighted by molar-refractivity contribution is 7.18. The molecule has 1 aliphatic heterocycles. The van der Waals surface area contributed by atoms with Gasteiger partial charge in [0.2, 0.25) is 5.91 Å². The maximum absolute atomic E-state index is 13.1. The number of aromatic nitrogens is 1. The van der Waals surface area contributed by atoms with Crippen LogP contribution in [0.4, 0.5) is 10.1 Å². The lowest BCUT2D eigenvalue weighted by Gasteiger charge is -2.36. The number of halogens is 1. The van der Waals surface area contributed by atoms with Crippen LogP contribution in [0.15, 0.2) is 48.5 Å². The third-order valence-corrected chi connectivity index (χ3v) is 6.77. The van der Waals surface area contributed by atoms with Gasteiger partial charge in [0.25, 0.3) is 0 Å². The topological polar surface area (TPSA) is 39.7 Å². The Bertz CT molecular complexity index is 949. The van der Waals surface area contributed by atoms with Gasteiger partial charge in [0.15, 0.2) is 0 Å². The van der Waals surface area contributed by atoms with Gasteiger partial charge < -0.3 is 9.80 Å². The normalized spacial score (nSPS) is 16.2. The zero-order valence-corrected chi connectivity index (χ0v) is 17.5. The van der Waals surface area contributed by atoms with Crippen LogP contribution in [0.25, 0.3) is 10.2 Å². The fourth-order valence-electron chi connectivity index (χ4n) is 3.57. The van der Waals surface area contributed by atoms with Crippen molar-refractivity contribution >= 4 is 33.1 Å². The lowest BCUT2D eigenvalue weighted by Crippen LogP contribution is -2.50. The van der Waals surface area contributed by atoms with E-state index >= 15 is 0 Å². The van der Waals surface area contributed by atoms with Crippen molar-refractivity contribution in [3.05, 3.63) is 59.4 Å². The number of rotatable bonds is 5. The molecule has 0 N–H and O–H groups in total. The Labute approximate surface area is 174 Å². The van der Waals surface area contributed by atoms with Crippen LogP contribution >= 0.6 is 11.3 Å². The summed E-state index contributed by atoms with van der Waals surface area (Å²) in [7, 11) is 1.85. The number of nitrogens with zero attached hydrogens (tertiary/aromatic N) is 4. The highest BCUT2D eigenvalue weighted by Gasteiger charge is 2.24. The zero-order chi connectivity index (χ0) is 20.4. The van der Waals surface area contributed by atoms with E-state index in [9.17, 15) is 9.18 Å². The summed E-state index contributed by atoms with van der Waals surface area (Å²) in [4.78, 5) is 23.7. The number of hydrogen-bond donors (Lipinski definition) is 0. The van der Waals surface area contributed by atoms with E-state index in [1.165, 1.54) is 12.1 Å². The first-order chi connectivity index (χ1) is 14.0. The van der Waals surface area contributed by atoms with Crippen LogP contribution in [0.5, 0.6) is 0 Å². The first-order valence-corrected chi connectivity index (χ1v) is 10.7. The number of carbonyl (C=O) groups is 1. The van der Waals surface area contributed by atoms with Crippen molar-refractivity contribution in [3.8, 4) is 0 Å². The summed E-state index contributed by atoms with van der Waals surface area (Å²) in [5.74, 6) is -0.116. The van der Waals surface area contributed by atoms with E-state index in [-0.39, 0.29) is 17.8 Å². The van der Waals surface area contributed by atoms with Crippen LogP contribution in [-0.4, -0.2) is 60.5 Å². The predicted octanol–water partition coefficient (Wildman–Crippen LogP) is 3.78. The average Bonchev–Trinajstić information content (AvgIpc) is 3.18. The largest absolute Gasteiger partial charge is 0.369 e. The maximum Gasteiger partial charge on any atom is 0.237 e. The molecule has 1 aliphatic rings. The molecule has 29 heavy (non-hydrogen) atoms. The SMILES string of the molecule is C[C@@H](c1nc2ccccc2s1)N(C)C(=O)CN1CCN(c2ccc(F)cc2)CC1. The summed E-state index contributed by atoms with van der Waals surface area (Å²) >= 11 is 1.64. The summed E-state index contributed by atoms with van der Waals surface area (Å²) < 4.78 is 14.3. The number of anilines is 1. The number of amides is 1. The van der Waals surface area contributed by atoms with Crippen LogP contribution in [0.2, 0.25) is 0 Å². The monoisotopic (exact) mass is 412 g/mol. The summed E-state index contributed by atoms with van der Waals surface area (Å²) in [6.07, 6.45) is 0. The van der Waals surface area contributed by atoms with Gasteiger partial charge in [-0.2, -0.15) is 0 Å². The van der Waals surface area contributed by atoms with Gasteiger partial charge in [-0.25, -0.2) is 9.37 Å². The van der Waals surface area contributed by atoms with Crippen LogP contribution in [-0.2, 0) is 4.79 Å². The van der Waals surface area contributed by atoms with Crippen LogP contribution in [0, 0.1) is 5.82 Å². The lowest BCUT2D eigenvalue weighted by atomic mass is 10.2. The summed E-state index contributed by atoms with van der Waals surface area (Å²) in [6.45, 7) is 5.72. The molecule has 0 bridgehead atoms. The third kappa shape index (κ3) is 4.41. The van der Waals surface area contributed by atoms with Crippen molar-refractivity contribution < 1.29 is 9.18 Å². The third-order valence-electron chi connectivity index (χ3n) is 5.57. The van der Waals surface area contributed by atoms with E-state index in [2.05, 4.69) is 15.9 Å². The van der Waals surface area contributed by atoms with Crippen molar-refractivity contribution in [3.63, 3.8) is 0 Å². The van der Waals surface area contributed by atoms with Gasteiger partial charge in [-0.3, -0.25) is 9.69 Å². The van der Waals surface area contributed by atoms with Crippen molar-refractivity contribution in [1.29, 1.82) is 0 Å². The van der Waals surface area contributed by atoms with Crippen molar-refractivity contribution in [2.75, 3.05) is 44.7 Å². The van der Waals surface area contributed by atoms with Gasteiger partial charge in [0, 0.05) is 38.9 Å². The average molecular weight is 413 g/mol. The Kier molecular flexibility index (Phi) is 5.78. The quantitative estimate of drug-likeness (QED) is 0.640. The molecule has 0 unspecified atom stereocenters. The Morgan fingerprint density at radius 1 is 1.14 bits per heavy atom. The molecule has 1 amide bonds. The highest BCUT2D eigenvalue weighted by Crippen LogP contribution is 2.29. The number of benzene rings is 2. The molecule has 2 heterocycles. The Morgan fingerprint density at radius 2 is 1.83 bits per heavy atom. The van der Waals surface area contributed by atoms with Gasteiger partial charge in [-0.05, 0) is 43.3 Å². The minimum Gasteiger partial charge on any atom is -0.369 e. The molecular weight excluding hydrogens is 387 g/mol. The van der Waals surface area contributed by atoms with Gasteiger partial charge >= 0.3 is 0 Å². The van der Waals surface area contributed by atoms with Crippen LogP contribution in [0.1, 0.15) is 18.0 Å². The van der Waals surface area contributed by atoms with Crippen molar-refractivity contribution in [2.24, 2.45) is 0 Å². The molecule has 1 fully saturated rings. The molecule has 152 valence electrons. The zero-order valence-electron chi connectivity index (χ0n) is 16.7. The van der Waals surface area contributed by atoms with E-state index in [1.807, 2.05) is 44.3 Å². The second kappa shape index (κ2) is 8.47. The Morgan fingerprint density at radius 3 is 2.52 bits per heavy atom. The fourth-order valence-corrected chi connectivity index (χ4v) is 4.63.